The van der Waals surface area contributed by atoms with E-state index in [-0.39, 0.29) is 18.8 Å². The minimum atomic E-state index is -0.804. The van der Waals surface area contributed by atoms with Crippen molar-refractivity contribution in [2.24, 2.45) is 0 Å². The third-order valence-corrected chi connectivity index (χ3v) is 5.09. The molecule has 30 heavy (non-hydrogen) atoms. The standard InChI is InChI=1S/C21H18N6O3/c22-20-19-21(25-11-24-20)27(18-8-15(29)16(10-28)30-18)17(26-19)6-5-12-7-13-3-1-2-4-14(13)23-9-12/h1-4,7,9,11,15-16,18,28-29H,8,10H2,(H2,22,24,25)/t15-,16+,18+/m0/s1. The summed E-state index contributed by atoms with van der Waals surface area (Å²) in [5.41, 5.74) is 8.46. The fourth-order valence-electron chi connectivity index (χ4n) is 3.59. The van der Waals surface area contributed by atoms with Crippen LogP contribution >= 0.6 is 0 Å². The van der Waals surface area contributed by atoms with Crippen LogP contribution in [0.5, 0.6) is 0 Å². The van der Waals surface area contributed by atoms with Gasteiger partial charge in [0, 0.05) is 23.6 Å². The predicted octanol–water partition coefficient (Wildman–Crippen LogP) is 0.997. The summed E-state index contributed by atoms with van der Waals surface area (Å²) in [6.07, 6.45) is 1.24. The third-order valence-electron chi connectivity index (χ3n) is 5.09. The van der Waals surface area contributed by atoms with Crippen LogP contribution in [-0.4, -0.2) is 53.5 Å². The number of hydrogen-bond donors (Lipinski definition) is 3. The molecule has 0 aliphatic carbocycles. The van der Waals surface area contributed by atoms with Gasteiger partial charge in [-0.3, -0.25) is 9.55 Å². The molecule has 0 amide bonds. The molecule has 3 aromatic heterocycles. The van der Waals surface area contributed by atoms with E-state index >= 15 is 0 Å². The molecule has 1 aliphatic rings. The minimum Gasteiger partial charge on any atom is -0.394 e. The Morgan fingerprint density at radius 3 is 2.90 bits per heavy atom. The van der Waals surface area contributed by atoms with Crippen molar-refractivity contribution < 1.29 is 14.9 Å². The predicted molar refractivity (Wildman–Crippen MR) is 109 cm³/mol. The van der Waals surface area contributed by atoms with Crippen LogP contribution in [0, 0.1) is 11.8 Å². The first kappa shape index (κ1) is 18.4. The summed E-state index contributed by atoms with van der Waals surface area (Å²) in [7, 11) is 0. The second-order valence-electron chi connectivity index (χ2n) is 7.02. The quantitative estimate of drug-likeness (QED) is 0.423. The number of aliphatic hydroxyl groups excluding tert-OH is 2. The van der Waals surface area contributed by atoms with Crippen LogP contribution in [0.4, 0.5) is 5.82 Å². The van der Waals surface area contributed by atoms with E-state index in [0.29, 0.717) is 17.0 Å². The van der Waals surface area contributed by atoms with Gasteiger partial charge in [-0.1, -0.05) is 24.1 Å². The largest absolute Gasteiger partial charge is 0.394 e. The monoisotopic (exact) mass is 402 g/mol. The first-order valence-electron chi connectivity index (χ1n) is 9.43. The van der Waals surface area contributed by atoms with Crippen LogP contribution in [0.2, 0.25) is 0 Å². The number of rotatable bonds is 2. The van der Waals surface area contributed by atoms with Crippen LogP contribution in [-0.2, 0) is 4.74 Å². The molecule has 0 radical (unpaired) electrons. The number of aliphatic hydroxyl groups is 2. The number of aromatic nitrogens is 5. The van der Waals surface area contributed by atoms with E-state index < -0.39 is 18.4 Å². The van der Waals surface area contributed by atoms with Gasteiger partial charge in [0.1, 0.15) is 18.7 Å². The molecular weight excluding hydrogens is 384 g/mol. The van der Waals surface area contributed by atoms with Crippen molar-refractivity contribution in [3.63, 3.8) is 0 Å². The van der Waals surface area contributed by atoms with Crippen molar-refractivity contribution in [1.82, 2.24) is 24.5 Å². The Morgan fingerprint density at radius 2 is 2.07 bits per heavy atom. The van der Waals surface area contributed by atoms with E-state index in [1.807, 2.05) is 30.3 Å². The van der Waals surface area contributed by atoms with E-state index in [2.05, 4.69) is 31.8 Å². The number of nitrogens with two attached hydrogens (primary N) is 1. The SMILES string of the molecule is Nc1ncnc2c1nc(C#Cc1cnc3ccccc3c1)n2[C@H]1C[C@H](O)[C@@H](CO)O1. The lowest BCUT2D eigenvalue weighted by Gasteiger charge is -2.14. The lowest BCUT2D eigenvalue weighted by Crippen LogP contribution is -2.24. The number of imidazole rings is 1. The highest BCUT2D eigenvalue weighted by Crippen LogP contribution is 2.32. The topological polar surface area (TPSA) is 132 Å². The molecule has 9 nitrogen and oxygen atoms in total. The molecule has 1 aromatic carbocycles. The van der Waals surface area contributed by atoms with Gasteiger partial charge in [-0.15, -0.1) is 0 Å². The molecule has 4 N–H and O–H groups in total. The summed E-state index contributed by atoms with van der Waals surface area (Å²) in [5, 5.41) is 20.6. The maximum Gasteiger partial charge on any atom is 0.190 e. The zero-order chi connectivity index (χ0) is 20.7. The van der Waals surface area contributed by atoms with Crippen molar-refractivity contribution >= 4 is 27.9 Å². The summed E-state index contributed by atoms with van der Waals surface area (Å²) >= 11 is 0. The first-order valence-corrected chi connectivity index (χ1v) is 9.43. The van der Waals surface area contributed by atoms with Gasteiger partial charge in [0.15, 0.2) is 22.8 Å². The second-order valence-corrected chi connectivity index (χ2v) is 7.02. The minimum absolute atomic E-state index is 0.228. The average Bonchev–Trinajstić information content (AvgIpc) is 3.32. The Labute approximate surface area is 171 Å². The molecular formula is C21H18N6O3. The lowest BCUT2D eigenvalue weighted by molar-refractivity contribution is -0.0434. The van der Waals surface area contributed by atoms with Gasteiger partial charge in [0.05, 0.1) is 18.2 Å². The van der Waals surface area contributed by atoms with Crippen molar-refractivity contribution in [1.29, 1.82) is 0 Å². The Balaban J connectivity index is 1.60. The van der Waals surface area contributed by atoms with Gasteiger partial charge < -0.3 is 20.7 Å². The fourth-order valence-corrected chi connectivity index (χ4v) is 3.59. The molecule has 0 bridgehead atoms. The first-order chi connectivity index (χ1) is 14.6. The van der Waals surface area contributed by atoms with E-state index in [0.717, 1.165) is 16.5 Å². The van der Waals surface area contributed by atoms with Crippen LogP contribution in [0.15, 0.2) is 42.9 Å². The number of fused-ring (bicyclic) bond motifs is 2. The summed E-state index contributed by atoms with van der Waals surface area (Å²) in [5.74, 6) is 6.74. The lowest BCUT2D eigenvalue weighted by atomic mass is 10.1. The number of pyridine rings is 1. The number of anilines is 1. The third kappa shape index (κ3) is 3.13. The molecule has 5 rings (SSSR count). The van der Waals surface area contributed by atoms with E-state index in [9.17, 15) is 10.2 Å². The molecule has 1 saturated heterocycles. The number of nitrogen functional groups attached to an aromatic ring is 1. The van der Waals surface area contributed by atoms with Gasteiger partial charge in [0.2, 0.25) is 0 Å². The zero-order valence-corrected chi connectivity index (χ0v) is 15.8. The molecule has 9 heteroatoms. The molecule has 0 spiro atoms. The number of hydrogen-bond acceptors (Lipinski definition) is 8. The highest BCUT2D eigenvalue weighted by molar-refractivity contribution is 5.83. The van der Waals surface area contributed by atoms with E-state index in [4.69, 9.17) is 10.5 Å². The van der Waals surface area contributed by atoms with Crippen molar-refractivity contribution in [2.75, 3.05) is 12.3 Å². The van der Waals surface area contributed by atoms with Gasteiger partial charge in [0.25, 0.3) is 0 Å². The van der Waals surface area contributed by atoms with Crippen LogP contribution in [0.1, 0.15) is 24.0 Å². The molecule has 1 aliphatic heterocycles. The molecule has 0 unspecified atom stereocenters. The Morgan fingerprint density at radius 1 is 1.20 bits per heavy atom. The summed E-state index contributed by atoms with van der Waals surface area (Å²) < 4.78 is 7.50. The van der Waals surface area contributed by atoms with Gasteiger partial charge in [-0.25, -0.2) is 15.0 Å². The fraction of sp³-hybridized carbons (Fsp3) is 0.238. The Kier molecular flexibility index (Phi) is 4.52. The van der Waals surface area contributed by atoms with Crippen LogP contribution < -0.4 is 5.73 Å². The van der Waals surface area contributed by atoms with Gasteiger partial charge in [-0.2, -0.15) is 0 Å². The highest BCUT2D eigenvalue weighted by Gasteiger charge is 2.36. The summed E-state index contributed by atoms with van der Waals surface area (Å²) in [6, 6.07) is 9.75. The molecule has 3 atom stereocenters. The maximum absolute atomic E-state index is 10.2. The number of para-hydroxylation sites is 1. The van der Waals surface area contributed by atoms with Crippen molar-refractivity contribution in [2.45, 2.75) is 24.9 Å². The molecule has 0 saturated carbocycles. The molecule has 4 heterocycles. The average molecular weight is 402 g/mol. The van der Waals surface area contributed by atoms with Crippen LogP contribution in [0.3, 0.4) is 0 Å². The van der Waals surface area contributed by atoms with Gasteiger partial charge in [-0.05, 0) is 18.1 Å². The summed E-state index contributed by atoms with van der Waals surface area (Å²) in [6.45, 7) is -0.287. The Hall–Kier alpha value is -3.58. The van der Waals surface area contributed by atoms with Gasteiger partial charge >= 0.3 is 0 Å². The number of ether oxygens (including phenoxy) is 1. The smallest absolute Gasteiger partial charge is 0.190 e. The normalized spacial score (nSPS) is 21.1. The number of nitrogens with zero attached hydrogens (tertiary/aromatic N) is 5. The van der Waals surface area contributed by atoms with Crippen LogP contribution in [0.25, 0.3) is 22.1 Å². The molecule has 4 aromatic rings. The second kappa shape index (κ2) is 7.35. The number of benzene rings is 1. The zero-order valence-electron chi connectivity index (χ0n) is 15.8. The molecule has 150 valence electrons. The van der Waals surface area contributed by atoms with Crippen molar-refractivity contribution in [3.05, 3.63) is 54.2 Å². The van der Waals surface area contributed by atoms with E-state index in [1.165, 1.54) is 6.33 Å². The highest BCUT2D eigenvalue weighted by atomic mass is 16.5. The maximum atomic E-state index is 10.2. The Bertz CT molecular complexity index is 1310. The summed E-state index contributed by atoms with van der Waals surface area (Å²) in [4.78, 5) is 17.2. The van der Waals surface area contributed by atoms with Crippen molar-refractivity contribution in [3.8, 4) is 11.8 Å². The molecule has 1 fully saturated rings. The van der Waals surface area contributed by atoms with E-state index in [1.54, 1.807) is 10.8 Å².